The van der Waals surface area contributed by atoms with Crippen molar-refractivity contribution in [1.82, 2.24) is 9.80 Å². The lowest BCUT2D eigenvalue weighted by Gasteiger charge is -2.26. The lowest BCUT2D eigenvalue weighted by atomic mass is 9.90. The first-order chi connectivity index (χ1) is 22.4. The van der Waals surface area contributed by atoms with E-state index >= 15 is 0 Å². The van der Waals surface area contributed by atoms with Crippen molar-refractivity contribution in [1.29, 1.82) is 0 Å². The lowest BCUT2D eigenvalue weighted by molar-refractivity contribution is -0.120. The van der Waals surface area contributed by atoms with Crippen molar-refractivity contribution >= 4 is 5.78 Å². The Kier molecular flexibility index (Phi) is 45.9. The van der Waals surface area contributed by atoms with Gasteiger partial charge in [0.1, 0.15) is 5.78 Å². The van der Waals surface area contributed by atoms with Gasteiger partial charge in [-0.15, -0.1) is 0 Å². The Morgan fingerprint density at radius 2 is 1.35 bits per heavy atom. The molecule has 2 aliphatic heterocycles. The standard InChI is InChI=1S/C7H15NO.C7H15N.C7H16O2.C7H12O.C5H12O2.C4H10O2.CH4/c1-2-3-8-4-6-9-7-5-8;1-7-3-5-8(2)6-4-7;1-6(2)4-9-5-7(3)8;1-6-2-4-7(8)5-3-6;1-2-4-7-5-3-6;1-2-4(6)3-5;/h2-7H2,1H3;7H,3-6H2,1-2H3;6-8H,4-5H2,1-3H3;6H,2-5H2,1H3;6H,2-5H2,1H3;4-6H,2-3H2,1H3;1H4. The summed E-state index contributed by atoms with van der Waals surface area (Å²) in [5, 5.41) is 33.4. The predicted molar refractivity (Wildman–Crippen MR) is 202 cm³/mol. The molecule has 0 bridgehead atoms. The molecule has 294 valence electrons. The van der Waals surface area contributed by atoms with Crippen molar-refractivity contribution in [3.05, 3.63) is 0 Å². The van der Waals surface area contributed by atoms with Crippen LogP contribution in [0.3, 0.4) is 0 Å². The van der Waals surface area contributed by atoms with Gasteiger partial charge in [0.05, 0.1) is 51.8 Å². The van der Waals surface area contributed by atoms with E-state index in [1.807, 2.05) is 13.8 Å². The number of hydrogen-bond acceptors (Lipinski definition) is 10. The van der Waals surface area contributed by atoms with Gasteiger partial charge in [0.25, 0.3) is 0 Å². The summed E-state index contributed by atoms with van der Waals surface area (Å²) in [6, 6.07) is 0. The number of Topliss-reactive ketones (excluding diaryl/α,β-unsaturated/α-hetero) is 1. The smallest absolute Gasteiger partial charge is 0.132 e. The molecule has 0 aromatic rings. The molecule has 0 aromatic carbocycles. The Morgan fingerprint density at radius 3 is 1.71 bits per heavy atom. The van der Waals surface area contributed by atoms with E-state index in [4.69, 9.17) is 34.6 Å². The highest BCUT2D eigenvalue weighted by atomic mass is 16.5. The summed E-state index contributed by atoms with van der Waals surface area (Å²) in [6.07, 6.45) is 8.80. The van der Waals surface area contributed by atoms with Crippen molar-refractivity contribution < 1.29 is 39.4 Å². The minimum Gasteiger partial charge on any atom is -0.394 e. The fourth-order valence-electron chi connectivity index (χ4n) is 4.28. The van der Waals surface area contributed by atoms with E-state index in [1.165, 1.54) is 38.9 Å². The van der Waals surface area contributed by atoms with Crippen LogP contribution in [-0.4, -0.2) is 141 Å². The Morgan fingerprint density at radius 1 is 0.812 bits per heavy atom. The van der Waals surface area contributed by atoms with Gasteiger partial charge in [-0.3, -0.25) is 9.69 Å². The zero-order valence-electron chi connectivity index (χ0n) is 32.3. The van der Waals surface area contributed by atoms with Crippen LogP contribution in [-0.2, 0) is 19.0 Å². The monoisotopic (exact) mass is 697 g/mol. The van der Waals surface area contributed by atoms with Gasteiger partial charge in [-0.25, -0.2) is 0 Å². The van der Waals surface area contributed by atoms with E-state index in [0.29, 0.717) is 31.3 Å². The van der Waals surface area contributed by atoms with Crippen LogP contribution >= 0.6 is 0 Å². The number of hydrogen-bond donors (Lipinski definition) is 4. The molecule has 0 amide bonds. The van der Waals surface area contributed by atoms with E-state index < -0.39 is 6.10 Å². The molecule has 2 unspecified atom stereocenters. The number of ketones is 1. The maximum absolute atomic E-state index is 10.6. The highest BCUT2D eigenvalue weighted by Gasteiger charge is 2.13. The first-order valence-corrected chi connectivity index (χ1v) is 18.6. The van der Waals surface area contributed by atoms with Crippen LogP contribution in [0.1, 0.15) is 121 Å². The molecule has 0 aromatic heterocycles. The number of nitrogens with zero attached hydrogens (tertiary/aromatic N) is 2. The second-order valence-corrected chi connectivity index (χ2v) is 13.5. The molecule has 2 heterocycles. The molecule has 2 saturated heterocycles. The van der Waals surface area contributed by atoms with Gasteiger partial charge in [-0.1, -0.05) is 55.9 Å². The van der Waals surface area contributed by atoms with Crippen LogP contribution in [0.15, 0.2) is 0 Å². The second-order valence-electron chi connectivity index (χ2n) is 13.5. The van der Waals surface area contributed by atoms with Crippen LogP contribution in [0.5, 0.6) is 0 Å². The number of morpholine rings is 1. The van der Waals surface area contributed by atoms with Gasteiger partial charge < -0.3 is 39.5 Å². The number of rotatable bonds is 12. The Balaban J connectivity index is -0.000000242. The van der Waals surface area contributed by atoms with Crippen LogP contribution < -0.4 is 0 Å². The summed E-state index contributed by atoms with van der Waals surface area (Å²) in [7, 11) is 2.20. The molecular weight excluding hydrogens is 612 g/mol. The molecule has 10 nitrogen and oxygen atoms in total. The van der Waals surface area contributed by atoms with Crippen molar-refractivity contribution in [3.8, 4) is 0 Å². The topological polar surface area (TPSA) is 132 Å². The van der Waals surface area contributed by atoms with E-state index in [1.54, 1.807) is 6.92 Å². The summed E-state index contributed by atoms with van der Waals surface area (Å²) in [5.41, 5.74) is 0. The molecule has 2 atom stereocenters. The average Bonchev–Trinajstić information content (AvgIpc) is 3.05. The minimum atomic E-state index is -0.509. The molecule has 48 heavy (non-hydrogen) atoms. The maximum atomic E-state index is 10.6. The molecule has 4 N–H and O–H groups in total. The number of carbonyl (C=O) groups is 1. The summed E-state index contributed by atoms with van der Waals surface area (Å²) in [6.45, 7) is 27.0. The van der Waals surface area contributed by atoms with E-state index in [0.717, 1.165) is 83.5 Å². The number of likely N-dealkylation sites (tertiary alicyclic amines) is 1. The minimum absolute atomic E-state index is 0. The summed E-state index contributed by atoms with van der Waals surface area (Å²) >= 11 is 0. The van der Waals surface area contributed by atoms with Gasteiger partial charge in [-0.05, 0) is 96.3 Å². The summed E-state index contributed by atoms with van der Waals surface area (Å²) < 4.78 is 15.2. The third kappa shape index (κ3) is 45.3. The summed E-state index contributed by atoms with van der Waals surface area (Å²) in [5.74, 6) is 2.80. The second kappa shape index (κ2) is 40.7. The number of aliphatic hydroxyl groups excluding tert-OH is 4. The van der Waals surface area contributed by atoms with Crippen LogP contribution in [0.2, 0.25) is 0 Å². The average molecular weight is 697 g/mol. The third-order valence-corrected chi connectivity index (χ3v) is 7.56. The van der Waals surface area contributed by atoms with Crippen molar-refractivity contribution in [3.63, 3.8) is 0 Å². The molecule has 3 rings (SSSR count). The number of carbonyl (C=O) groups excluding carboxylic acids is 1. The fraction of sp³-hybridized carbons (Fsp3) is 0.974. The number of ether oxygens (including phenoxy) is 3. The molecule has 1 aliphatic carbocycles. The van der Waals surface area contributed by atoms with Gasteiger partial charge >= 0.3 is 0 Å². The molecular formula is C38H84N2O8. The molecule has 1 saturated carbocycles. The molecule has 10 heteroatoms. The van der Waals surface area contributed by atoms with Crippen LogP contribution in [0.25, 0.3) is 0 Å². The third-order valence-electron chi connectivity index (χ3n) is 7.56. The SMILES string of the molecule is C.CC(C)COCC(C)O.CC1CCC(=O)CC1.CC1CCN(C)CC1.CCC(O)CO.CCCN1CCOCC1.CCCOCCO. The van der Waals surface area contributed by atoms with E-state index in [-0.39, 0.29) is 26.7 Å². The van der Waals surface area contributed by atoms with Gasteiger partial charge in [-0.2, -0.15) is 0 Å². The van der Waals surface area contributed by atoms with Crippen molar-refractivity contribution in [2.45, 2.75) is 133 Å². The van der Waals surface area contributed by atoms with Gasteiger partial charge in [0.15, 0.2) is 0 Å². The van der Waals surface area contributed by atoms with E-state index in [9.17, 15) is 4.79 Å². The highest BCUT2D eigenvalue weighted by Crippen LogP contribution is 2.19. The fourth-order valence-corrected chi connectivity index (χ4v) is 4.28. The normalized spacial score (nSPS) is 18.4. The summed E-state index contributed by atoms with van der Waals surface area (Å²) in [4.78, 5) is 15.5. The van der Waals surface area contributed by atoms with Gasteiger partial charge in [0.2, 0.25) is 0 Å². The molecule has 3 aliphatic rings. The molecule has 0 spiro atoms. The molecule has 0 radical (unpaired) electrons. The Labute approximate surface area is 297 Å². The van der Waals surface area contributed by atoms with Gasteiger partial charge in [0, 0.05) is 39.1 Å². The number of aliphatic hydroxyl groups is 4. The zero-order chi connectivity index (χ0) is 36.3. The quantitative estimate of drug-likeness (QED) is 0.189. The van der Waals surface area contributed by atoms with Crippen molar-refractivity contribution in [2.24, 2.45) is 17.8 Å². The zero-order valence-corrected chi connectivity index (χ0v) is 32.3. The Hall–Kier alpha value is -0.690. The van der Waals surface area contributed by atoms with Crippen molar-refractivity contribution in [2.75, 3.05) is 92.6 Å². The van der Waals surface area contributed by atoms with E-state index in [2.05, 4.69) is 51.5 Å². The lowest BCUT2D eigenvalue weighted by Crippen LogP contribution is -2.36. The first-order valence-electron chi connectivity index (χ1n) is 18.6. The number of piperidine rings is 1. The Bertz CT molecular complexity index is 575. The predicted octanol–water partition coefficient (Wildman–Crippen LogP) is 5.67. The molecule has 3 fully saturated rings. The first kappa shape index (κ1) is 54.1. The van der Waals surface area contributed by atoms with Crippen LogP contribution in [0, 0.1) is 17.8 Å². The highest BCUT2D eigenvalue weighted by molar-refractivity contribution is 5.78. The maximum Gasteiger partial charge on any atom is 0.132 e. The largest absolute Gasteiger partial charge is 0.394 e. The van der Waals surface area contributed by atoms with Crippen LogP contribution in [0.4, 0.5) is 0 Å².